The van der Waals surface area contributed by atoms with Gasteiger partial charge in [-0.15, -0.1) is 0 Å². The predicted molar refractivity (Wildman–Crippen MR) is 104 cm³/mol. The van der Waals surface area contributed by atoms with E-state index in [0.717, 1.165) is 22.0 Å². The van der Waals surface area contributed by atoms with E-state index in [9.17, 15) is 4.79 Å². The van der Waals surface area contributed by atoms with Crippen molar-refractivity contribution in [2.45, 2.75) is 0 Å². The number of thiocarbonyl (C=S) groups is 1. The van der Waals surface area contributed by atoms with Crippen molar-refractivity contribution in [3.8, 4) is 0 Å². The van der Waals surface area contributed by atoms with Crippen LogP contribution in [0, 0.1) is 0 Å². The van der Waals surface area contributed by atoms with Gasteiger partial charge in [-0.2, -0.15) is 0 Å². The average molecular weight is 348 g/mol. The Labute approximate surface area is 149 Å². The minimum absolute atomic E-state index is 0.0860. The average Bonchev–Trinajstić information content (AvgIpc) is 2.89. The van der Waals surface area contributed by atoms with Crippen LogP contribution in [0.3, 0.4) is 0 Å². The van der Waals surface area contributed by atoms with E-state index in [4.69, 9.17) is 12.2 Å². The van der Waals surface area contributed by atoms with Crippen molar-refractivity contribution < 1.29 is 4.79 Å². The first kappa shape index (κ1) is 15.1. The lowest BCUT2D eigenvalue weighted by Crippen LogP contribution is -2.27. The minimum atomic E-state index is -0.0860. The molecule has 0 aliphatic carbocycles. The first-order valence-corrected chi connectivity index (χ1v) is 8.62. The molecule has 0 N–H and O–H groups in total. The van der Waals surface area contributed by atoms with Gasteiger partial charge < -0.3 is 0 Å². The van der Waals surface area contributed by atoms with Crippen molar-refractivity contribution in [2.75, 3.05) is 4.90 Å². The molecule has 0 bridgehead atoms. The molecule has 0 saturated carbocycles. The van der Waals surface area contributed by atoms with Crippen molar-refractivity contribution in [3.05, 3.63) is 77.5 Å². The van der Waals surface area contributed by atoms with Crippen molar-refractivity contribution in [3.63, 3.8) is 0 Å². The van der Waals surface area contributed by atoms with Gasteiger partial charge in [-0.05, 0) is 46.7 Å². The number of benzene rings is 2. The largest absolute Gasteiger partial charge is 0.270 e. The molecule has 0 radical (unpaired) electrons. The molecule has 0 atom stereocenters. The fraction of sp³-hybridized carbons (Fsp3) is 0. The highest BCUT2D eigenvalue weighted by Gasteiger charge is 2.33. The molecule has 1 aliphatic heterocycles. The van der Waals surface area contributed by atoms with Gasteiger partial charge in [0, 0.05) is 12.4 Å². The third kappa shape index (κ3) is 2.72. The van der Waals surface area contributed by atoms with Gasteiger partial charge >= 0.3 is 0 Å². The number of aromatic nitrogens is 1. The molecule has 0 unspecified atom stereocenters. The number of fused-ring (bicyclic) bond motifs is 1. The molecule has 1 aromatic heterocycles. The van der Waals surface area contributed by atoms with Gasteiger partial charge in [-0.1, -0.05) is 54.3 Å². The number of hydrogen-bond acceptors (Lipinski definition) is 4. The molecule has 2 heterocycles. The molecule has 4 rings (SSSR count). The molecular weight excluding hydrogens is 336 g/mol. The lowest BCUT2D eigenvalue weighted by molar-refractivity contribution is -0.113. The van der Waals surface area contributed by atoms with Crippen LogP contribution in [0.1, 0.15) is 5.56 Å². The number of carbonyl (C=O) groups is 1. The molecular formula is C19H12N2OS2. The van der Waals surface area contributed by atoms with Crippen LogP contribution >= 0.6 is 24.0 Å². The van der Waals surface area contributed by atoms with Crippen molar-refractivity contribution in [1.29, 1.82) is 0 Å². The first-order valence-electron chi connectivity index (χ1n) is 7.39. The minimum Gasteiger partial charge on any atom is -0.268 e. The Morgan fingerprint density at radius 2 is 1.75 bits per heavy atom. The Bertz CT molecular complexity index is 983. The summed E-state index contributed by atoms with van der Waals surface area (Å²) in [7, 11) is 0. The summed E-state index contributed by atoms with van der Waals surface area (Å²) in [5, 5.41) is 2.22. The van der Waals surface area contributed by atoms with Crippen LogP contribution in [0.2, 0.25) is 0 Å². The van der Waals surface area contributed by atoms with E-state index in [1.54, 1.807) is 17.3 Å². The summed E-state index contributed by atoms with van der Waals surface area (Å²) in [5.74, 6) is -0.0860. The lowest BCUT2D eigenvalue weighted by Gasteiger charge is -2.15. The van der Waals surface area contributed by atoms with Crippen molar-refractivity contribution in [2.24, 2.45) is 0 Å². The molecule has 0 spiro atoms. The van der Waals surface area contributed by atoms with Crippen LogP contribution in [0.25, 0.3) is 16.8 Å². The number of hydrogen-bond donors (Lipinski definition) is 0. The summed E-state index contributed by atoms with van der Waals surface area (Å²) >= 11 is 6.76. The third-order valence-electron chi connectivity index (χ3n) is 3.79. The molecule has 2 aromatic carbocycles. The smallest absolute Gasteiger partial charge is 0.268 e. The van der Waals surface area contributed by atoms with E-state index < -0.39 is 0 Å². The number of nitrogens with zero attached hydrogens (tertiary/aromatic N) is 2. The maximum Gasteiger partial charge on any atom is 0.270 e. The van der Waals surface area contributed by atoms with Crippen LogP contribution < -0.4 is 4.90 Å². The van der Waals surface area contributed by atoms with Gasteiger partial charge in [-0.3, -0.25) is 14.7 Å². The summed E-state index contributed by atoms with van der Waals surface area (Å²) < 4.78 is 0.551. The maximum atomic E-state index is 12.8. The lowest BCUT2D eigenvalue weighted by atomic mass is 10.1. The molecule has 3 nitrogen and oxygen atoms in total. The zero-order valence-corrected chi connectivity index (χ0v) is 14.2. The second-order valence-corrected chi connectivity index (χ2v) is 7.00. The van der Waals surface area contributed by atoms with Crippen LogP contribution in [0.5, 0.6) is 0 Å². The number of amides is 1. The fourth-order valence-corrected chi connectivity index (χ4v) is 3.92. The monoisotopic (exact) mass is 348 g/mol. The quantitative estimate of drug-likeness (QED) is 0.499. The highest BCUT2D eigenvalue weighted by molar-refractivity contribution is 8.27. The Balaban J connectivity index is 1.71. The van der Waals surface area contributed by atoms with Gasteiger partial charge in [0.05, 0.1) is 10.6 Å². The van der Waals surface area contributed by atoms with Crippen LogP contribution in [0.15, 0.2) is 71.9 Å². The number of anilines is 1. The van der Waals surface area contributed by atoms with E-state index in [1.165, 1.54) is 11.8 Å². The Kier molecular flexibility index (Phi) is 3.88. The number of carbonyl (C=O) groups excluding carboxylic acids is 1. The summed E-state index contributed by atoms with van der Waals surface area (Å²) in [4.78, 5) is 19.0. The number of pyridine rings is 1. The number of rotatable bonds is 2. The van der Waals surface area contributed by atoms with Gasteiger partial charge in [0.2, 0.25) is 0 Å². The molecule has 1 fully saturated rings. The SMILES string of the molecule is O=C1/C(=C/c2ccncc2)SC(=S)N1c1ccc2ccccc2c1. The maximum absolute atomic E-state index is 12.8. The highest BCUT2D eigenvalue weighted by atomic mass is 32.2. The third-order valence-corrected chi connectivity index (χ3v) is 5.09. The Morgan fingerprint density at radius 1 is 1.00 bits per heavy atom. The van der Waals surface area contributed by atoms with E-state index in [1.807, 2.05) is 60.7 Å². The van der Waals surface area contributed by atoms with E-state index in [-0.39, 0.29) is 5.91 Å². The summed E-state index contributed by atoms with van der Waals surface area (Å²) in [5.41, 5.74) is 1.73. The molecule has 24 heavy (non-hydrogen) atoms. The van der Waals surface area contributed by atoms with E-state index >= 15 is 0 Å². The summed E-state index contributed by atoms with van der Waals surface area (Å²) in [6.07, 6.45) is 5.26. The molecule has 1 aliphatic rings. The molecule has 1 saturated heterocycles. The van der Waals surface area contributed by atoms with E-state index in [2.05, 4.69) is 4.98 Å². The zero-order chi connectivity index (χ0) is 16.5. The standard InChI is InChI=1S/C19H12N2OS2/c22-18-17(11-13-7-9-20-10-8-13)24-19(23)21(18)16-6-5-14-3-1-2-4-15(14)12-16/h1-12H/b17-11-. The van der Waals surface area contributed by atoms with Crippen molar-refractivity contribution in [1.82, 2.24) is 4.98 Å². The van der Waals surface area contributed by atoms with Crippen LogP contribution in [-0.2, 0) is 4.79 Å². The summed E-state index contributed by atoms with van der Waals surface area (Å²) in [6.45, 7) is 0. The fourth-order valence-electron chi connectivity index (χ4n) is 2.62. The molecule has 1 amide bonds. The second-order valence-electron chi connectivity index (χ2n) is 5.33. The second kappa shape index (κ2) is 6.19. The topological polar surface area (TPSA) is 33.2 Å². The van der Waals surface area contributed by atoms with Gasteiger partial charge in [0.25, 0.3) is 5.91 Å². The molecule has 5 heteroatoms. The summed E-state index contributed by atoms with van der Waals surface area (Å²) in [6, 6.07) is 17.7. The molecule has 3 aromatic rings. The first-order chi connectivity index (χ1) is 11.7. The van der Waals surface area contributed by atoms with Crippen LogP contribution in [-0.4, -0.2) is 15.2 Å². The Morgan fingerprint density at radius 3 is 2.54 bits per heavy atom. The van der Waals surface area contributed by atoms with Crippen LogP contribution in [0.4, 0.5) is 5.69 Å². The van der Waals surface area contributed by atoms with Gasteiger partial charge in [0.1, 0.15) is 0 Å². The van der Waals surface area contributed by atoms with E-state index in [0.29, 0.717) is 9.23 Å². The van der Waals surface area contributed by atoms with Gasteiger partial charge in [0.15, 0.2) is 4.32 Å². The highest BCUT2D eigenvalue weighted by Crippen LogP contribution is 2.36. The molecule has 116 valence electrons. The zero-order valence-electron chi connectivity index (χ0n) is 12.5. The normalized spacial score (nSPS) is 16.3. The Hall–Kier alpha value is -2.50. The van der Waals surface area contributed by atoms with Crippen molar-refractivity contribution >= 4 is 56.7 Å². The van der Waals surface area contributed by atoms with Gasteiger partial charge in [-0.25, -0.2) is 0 Å². The predicted octanol–water partition coefficient (Wildman–Crippen LogP) is 4.64. The number of thioether (sulfide) groups is 1.